The number of hydrogen-bond donors (Lipinski definition) is 0. The molecule has 9 nitrogen and oxygen atoms in total. The van der Waals surface area contributed by atoms with Gasteiger partial charge in [-0.3, -0.25) is 0 Å². The highest BCUT2D eigenvalue weighted by Gasteiger charge is 2.36. The Bertz CT molecular complexity index is 8550. The van der Waals surface area contributed by atoms with Crippen LogP contribution in [0.3, 0.4) is 0 Å². The molecule has 145 heavy (non-hydrogen) atoms. The Kier molecular flexibility index (Phi) is 24.0. The van der Waals surface area contributed by atoms with Gasteiger partial charge in [0.2, 0.25) is 0 Å². The van der Waals surface area contributed by atoms with Gasteiger partial charge >= 0.3 is 0 Å². The maximum atomic E-state index is 5.09. The van der Waals surface area contributed by atoms with E-state index in [0.29, 0.717) is 52.4 Å². The molecule has 9 heteroatoms. The Morgan fingerprint density at radius 1 is 0.110 bits per heavy atom. The first-order chi connectivity index (χ1) is 71.5. The molecule has 0 saturated heterocycles. The van der Waals surface area contributed by atoms with Crippen LogP contribution in [0.1, 0.15) is 25.0 Å². The molecule has 0 amide bonds. The molecule has 3 heterocycles. The van der Waals surface area contributed by atoms with Crippen molar-refractivity contribution in [3.8, 4) is 203 Å². The van der Waals surface area contributed by atoms with Crippen molar-refractivity contribution >= 4 is 43.1 Å². The first-order valence-electron chi connectivity index (χ1n) is 49.1. The van der Waals surface area contributed by atoms with Crippen LogP contribution in [0.15, 0.2) is 528 Å². The quantitative estimate of drug-likeness (QED) is 0.0879. The lowest BCUT2D eigenvalue weighted by Gasteiger charge is -2.21. The van der Waals surface area contributed by atoms with Crippen molar-refractivity contribution in [1.82, 2.24) is 44.9 Å². The maximum Gasteiger partial charge on any atom is 0.164 e. The Morgan fingerprint density at radius 3 is 0.552 bits per heavy atom. The van der Waals surface area contributed by atoms with Crippen molar-refractivity contribution in [2.24, 2.45) is 0 Å². The molecule has 0 atom stereocenters. The molecular formula is C136H93N9. The van der Waals surface area contributed by atoms with Crippen LogP contribution in [0, 0.1) is 0 Å². The fourth-order valence-electron chi connectivity index (χ4n) is 19.7. The van der Waals surface area contributed by atoms with Crippen LogP contribution >= 0.6 is 0 Å². The topological polar surface area (TPSA) is 116 Å². The molecule has 0 N–H and O–H groups in total. The zero-order chi connectivity index (χ0) is 96.9. The largest absolute Gasteiger partial charge is 0.208 e. The van der Waals surface area contributed by atoms with E-state index in [1.165, 1.54) is 93.9 Å². The SMILES string of the molecule is CC1(C)c2ccccc2-c2cc(-c3nc(-c4ccc5ccccc5c4)nc(-c4ccc5ccccc5c4)n3)ccc21.c1ccc(-c2ccc(-c3ccc(-c4nc(-c5ccc6ccccc6c5)nc(-c5ccc6ccccc6c5)n4)cc3)cc2)cc1.c1ccc(-c2cccc(-c3ccc(-c4nc(-c5ccc(-c6cccc(-c7ccccc7)c6)cc5)nc(-c5ccc(-c6cccc(-c7ccccc7)c6)cc5)n4)cc3)c2)cc1. The van der Waals surface area contributed by atoms with Gasteiger partial charge in [0, 0.05) is 55.5 Å². The number of rotatable bonds is 17. The van der Waals surface area contributed by atoms with E-state index in [9.17, 15) is 0 Å². The van der Waals surface area contributed by atoms with E-state index in [1.807, 2.05) is 24.3 Å². The van der Waals surface area contributed by atoms with Gasteiger partial charge in [0.15, 0.2) is 52.4 Å². The molecule has 0 saturated carbocycles. The summed E-state index contributed by atoms with van der Waals surface area (Å²) in [5, 5.41) is 9.40. The molecule has 0 fully saturated rings. The van der Waals surface area contributed by atoms with Crippen molar-refractivity contribution in [2.45, 2.75) is 19.3 Å². The summed E-state index contributed by atoms with van der Waals surface area (Å²) < 4.78 is 0. The second kappa shape index (κ2) is 39.3. The van der Waals surface area contributed by atoms with E-state index in [4.69, 9.17) is 44.9 Å². The Hall–Kier alpha value is -19.1. The van der Waals surface area contributed by atoms with E-state index in [-0.39, 0.29) is 5.41 Å². The van der Waals surface area contributed by atoms with Crippen molar-refractivity contribution in [3.05, 3.63) is 539 Å². The summed E-state index contributed by atoms with van der Waals surface area (Å²) in [5.74, 6) is 5.86. The molecule has 0 aliphatic heterocycles. The third-order valence-electron chi connectivity index (χ3n) is 27.6. The van der Waals surface area contributed by atoms with Crippen LogP contribution in [0.4, 0.5) is 0 Å². The van der Waals surface area contributed by atoms with E-state index in [0.717, 1.165) is 111 Å². The molecule has 0 spiro atoms. The van der Waals surface area contributed by atoms with Crippen LogP contribution in [0.2, 0.25) is 0 Å². The predicted octanol–water partition coefficient (Wildman–Crippen LogP) is 34.9. The maximum absolute atomic E-state index is 5.09. The van der Waals surface area contributed by atoms with Gasteiger partial charge < -0.3 is 0 Å². The summed E-state index contributed by atoms with van der Waals surface area (Å²) in [6, 6.07) is 185. The lowest BCUT2D eigenvalue weighted by Crippen LogP contribution is -2.14. The van der Waals surface area contributed by atoms with Crippen molar-refractivity contribution in [2.75, 3.05) is 0 Å². The summed E-state index contributed by atoms with van der Waals surface area (Å²) in [6.45, 7) is 4.60. The molecule has 1 aliphatic carbocycles. The summed E-state index contributed by atoms with van der Waals surface area (Å²) >= 11 is 0. The lowest BCUT2D eigenvalue weighted by molar-refractivity contribution is 0.660. The molecule has 22 aromatic carbocycles. The van der Waals surface area contributed by atoms with E-state index in [1.54, 1.807) is 0 Å². The van der Waals surface area contributed by atoms with Crippen LogP contribution < -0.4 is 0 Å². The number of hydrogen-bond acceptors (Lipinski definition) is 9. The van der Waals surface area contributed by atoms with E-state index in [2.05, 4.69) is 517 Å². The predicted molar refractivity (Wildman–Crippen MR) is 599 cm³/mol. The molecule has 0 radical (unpaired) electrons. The minimum Gasteiger partial charge on any atom is -0.208 e. The van der Waals surface area contributed by atoms with Crippen LogP contribution in [0.25, 0.3) is 246 Å². The number of benzene rings is 22. The van der Waals surface area contributed by atoms with Crippen LogP contribution in [-0.2, 0) is 5.41 Å². The minimum atomic E-state index is -0.0456. The molecule has 0 bridgehead atoms. The highest BCUT2D eigenvalue weighted by molar-refractivity contribution is 5.93. The van der Waals surface area contributed by atoms with Gasteiger partial charge in [-0.1, -0.05) is 493 Å². The number of fused-ring (bicyclic) bond motifs is 7. The molecule has 3 aromatic heterocycles. The first-order valence-corrected chi connectivity index (χ1v) is 49.1. The van der Waals surface area contributed by atoms with Crippen molar-refractivity contribution < 1.29 is 0 Å². The Labute approximate surface area is 842 Å². The normalized spacial score (nSPS) is 11.7. The monoisotopic (exact) mass is 1850 g/mol. The fraction of sp³-hybridized carbons (Fsp3) is 0.0221. The molecule has 1 aliphatic rings. The van der Waals surface area contributed by atoms with E-state index >= 15 is 0 Å². The van der Waals surface area contributed by atoms with E-state index < -0.39 is 0 Å². The summed E-state index contributed by atoms with van der Waals surface area (Å²) in [7, 11) is 0. The molecule has 26 rings (SSSR count). The number of aromatic nitrogens is 9. The van der Waals surface area contributed by atoms with Gasteiger partial charge in [0.25, 0.3) is 0 Å². The lowest BCUT2D eigenvalue weighted by atomic mass is 9.82. The second-order valence-electron chi connectivity index (χ2n) is 37.2. The zero-order valence-electron chi connectivity index (χ0n) is 79.8. The van der Waals surface area contributed by atoms with Gasteiger partial charge in [0.05, 0.1) is 0 Å². The Morgan fingerprint density at radius 2 is 0.283 bits per heavy atom. The highest BCUT2D eigenvalue weighted by atomic mass is 15.1. The first kappa shape index (κ1) is 88.6. The fourth-order valence-corrected chi connectivity index (χ4v) is 19.7. The van der Waals surface area contributed by atoms with Crippen molar-refractivity contribution in [3.63, 3.8) is 0 Å². The van der Waals surface area contributed by atoms with Crippen molar-refractivity contribution in [1.29, 1.82) is 0 Å². The third kappa shape index (κ3) is 18.8. The Balaban J connectivity index is 0.000000119. The average molecular weight is 1850 g/mol. The summed E-state index contributed by atoms with van der Waals surface area (Å²) in [5.41, 5.74) is 32.5. The van der Waals surface area contributed by atoms with Gasteiger partial charge in [-0.05, 0) is 203 Å². The summed E-state index contributed by atoms with van der Waals surface area (Å²) in [4.78, 5) is 45.4. The molecular weight excluding hydrogens is 1760 g/mol. The average Bonchev–Trinajstić information content (AvgIpc) is 1.57. The molecule has 682 valence electrons. The molecule has 0 unspecified atom stereocenters. The third-order valence-corrected chi connectivity index (χ3v) is 27.6. The highest BCUT2D eigenvalue weighted by Crippen LogP contribution is 2.50. The van der Waals surface area contributed by atoms with Gasteiger partial charge in [-0.25, -0.2) is 44.9 Å². The second-order valence-corrected chi connectivity index (χ2v) is 37.2. The summed E-state index contributed by atoms with van der Waals surface area (Å²) in [6.07, 6.45) is 0. The zero-order valence-corrected chi connectivity index (χ0v) is 79.8. The van der Waals surface area contributed by atoms with Crippen LogP contribution in [-0.4, -0.2) is 44.9 Å². The minimum absolute atomic E-state index is 0.0456. The van der Waals surface area contributed by atoms with Gasteiger partial charge in [-0.15, -0.1) is 0 Å². The smallest absolute Gasteiger partial charge is 0.164 e. The standard InChI is InChI=1S/C57H39N3.C41H27N3.C38H27N3/c1-4-13-40(14-5-1)49-19-10-22-52(37-49)43-25-31-46(32-26-43)55-58-56(47-33-27-44(28-34-47)53-23-11-20-50(38-53)41-15-6-2-7-16-41)60-57(59-55)48-35-29-45(30-36-48)54-24-12-21-51(39-54)42-17-8-3-9-18-42;1-2-8-28(9-3-1)31-14-16-32(17-15-31)33-18-22-34(23-19-33)39-42-40(37-24-20-29-10-4-6-12-35(29)26-37)44-41(43-39)38-25-21-30-11-5-7-13-36(30)27-38;1-38(2)33-14-8-7-13-31(33)32-23-30(19-20-34(32)38)37-40-35(28-17-15-24-9-3-5-11-26(24)21-28)39-36(41-37)29-18-16-25-10-4-6-12-27(25)22-29/h1-39H;1-27H;3-23H,1-2H3. The van der Waals surface area contributed by atoms with Gasteiger partial charge in [0.1, 0.15) is 0 Å². The molecule has 25 aromatic rings. The van der Waals surface area contributed by atoms with Gasteiger partial charge in [-0.2, -0.15) is 0 Å². The number of nitrogens with zero attached hydrogens (tertiary/aromatic N) is 9. The van der Waals surface area contributed by atoms with Crippen LogP contribution in [0.5, 0.6) is 0 Å².